The van der Waals surface area contributed by atoms with Crippen molar-refractivity contribution in [1.29, 1.82) is 0 Å². The van der Waals surface area contributed by atoms with Gasteiger partial charge in [0.2, 0.25) is 0 Å². The molecule has 0 spiro atoms. The molecule has 0 bridgehead atoms. The van der Waals surface area contributed by atoms with Crippen LogP contribution in [0.5, 0.6) is 0 Å². The molecule has 0 amide bonds. The van der Waals surface area contributed by atoms with E-state index in [9.17, 15) is 9.00 Å². The average Bonchev–Trinajstić information content (AvgIpc) is 1.82. The molecule has 0 heterocycles. The molecule has 0 saturated heterocycles. The second-order valence-corrected chi connectivity index (χ2v) is 2.17. The third-order valence-corrected chi connectivity index (χ3v) is 1.08. The summed E-state index contributed by atoms with van der Waals surface area (Å²) in [6, 6.07) is 0. The molecular formula is C4H9NO4S. The molecule has 0 aliphatic carbocycles. The molecule has 0 rings (SSSR count). The molecule has 0 fully saturated rings. The van der Waals surface area contributed by atoms with Gasteiger partial charge in [-0.05, 0) is 13.0 Å². The van der Waals surface area contributed by atoms with E-state index in [2.05, 4.69) is 4.18 Å². The normalized spacial score (nSPS) is 12.6. The lowest BCUT2D eigenvalue weighted by Gasteiger charge is -1.95. The van der Waals surface area contributed by atoms with Crippen molar-refractivity contribution in [1.82, 2.24) is 0 Å². The number of nitrogens with two attached hydrogens (primary N) is 1. The molecular weight excluding hydrogens is 158 g/mol. The molecule has 5 nitrogen and oxygen atoms in total. The van der Waals surface area contributed by atoms with Gasteiger partial charge in [0.15, 0.2) is 0 Å². The minimum absolute atomic E-state index is 0.0861. The van der Waals surface area contributed by atoms with Gasteiger partial charge in [0.05, 0.1) is 0 Å². The van der Waals surface area contributed by atoms with Crippen molar-refractivity contribution in [3.05, 3.63) is 0 Å². The Morgan fingerprint density at radius 2 is 2.30 bits per heavy atom. The van der Waals surface area contributed by atoms with E-state index in [-0.39, 0.29) is 6.42 Å². The van der Waals surface area contributed by atoms with Gasteiger partial charge in [0.1, 0.15) is 0 Å². The molecule has 0 aliphatic heterocycles. The minimum atomic E-state index is -2.49. The fourth-order valence-corrected chi connectivity index (χ4v) is 0.610. The summed E-state index contributed by atoms with van der Waals surface area (Å²) in [4.78, 5) is 10.4. The summed E-state index contributed by atoms with van der Waals surface area (Å²) < 4.78 is 21.7. The molecule has 0 saturated carbocycles. The summed E-state index contributed by atoms with van der Waals surface area (Å²) in [5.74, 6) is -0.703. The van der Waals surface area contributed by atoms with E-state index in [0.717, 1.165) is 0 Å². The number of carbonyl (C=O) groups is 1. The summed E-state index contributed by atoms with van der Waals surface area (Å²) in [7, 11) is 0. The summed E-state index contributed by atoms with van der Waals surface area (Å²) in [5.41, 5.74) is 5.06. The van der Waals surface area contributed by atoms with Crippen LogP contribution in [0.3, 0.4) is 0 Å². The summed E-state index contributed by atoms with van der Waals surface area (Å²) in [6.45, 7) is 0.368. The second-order valence-electron chi connectivity index (χ2n) is 1.56. The van der Waals surface area contributed by atoms with Crippen molar-refractivity contribution in [3.63, 3.8) is 0 Å². The van der Waals surface area contributed by atoms with Gasteiger partial charge in [-0.15, -0.1) is 0 Å². The Labute approximate surface area is 61.0 Å². The van der Waals surface area contributed by atoms with Crippen LogP contribution in [0.2, 0.25) is 0 Å². The van der Waals surface area contributed by atoms with E-state index in [4.69, 9.17) is 10.3 Å². The molecule has 1 atom stereocenters. The van der Waals surface area contributed by atoms with Gasteiger partial charge in [0, 0.05) is 6.42 Å². The SMILES string of the molecule is NCCCC(=O)OS(=O)O. The van der Waals surface area contributed by atoms with Gasteiger partial charge in [-0.3, -0.25) is 9.35 Å². The van der Waals surface area contributed by atoms with E-state index < -0.39 is 17.3 Å². The van der Waals surface area contributed by atoms with Crippen LogP contribution < -0.4 is 5.73 Å². The van der Waals surface area contributed by atoms with Crippen molar-refractivity contribution in [2.75, 3.05) is 6.54 Å². The Bertz CT molecular complexity index is 137. The van der Waals surface area contributed by atoms with Gasteiger partial charge in [-0.25, -0.2) is 0 Å². The molecule has 0 aliphatic rings. The van der Waals surface area contributed by atoms with Gasteiger partial charge in [0.25, 0.3) is 0 Å². The molecule has 10 heavy (non-hydrogen) atoms. The van der Waals surface area contributed by atoms with E-state index >= 15 is 0 Å². The minimum Gasteiger partial charge on any atom is -0.343 e. The van der Waals surface area contributed by atoms with Crippen molar-refractivity contribution < 1.29 is 17.7 Å². The highest BCUT2D eigenvalue weighted by atomic mass is 32.2. The van der Waals surface area contributed by atoms with Crippen LogP contribution in [0.15, 0.2) is 0 Å². The van der Waals surface area contributed by atoms with Crippen molar-refractivity contribution >= 4 is 17.3 Å². The Hall–Kier alpha value is -0.460. The molecule has 0 aromatic heterocycles. The van der Waals surface area contributed by atoms with E-state index in [1.165, 1.54) is 0 Å². The summed E-state index contributed by atoms with van der Waals surface area (Å²) >= 11 is -2.49. The van der Waals surface area contributed by atoms with Crippen molar-refractivity contribution in [3.8, 4) is 0 Å². The van der Waals surface area contributed by atoms with Crippen LogP contribution in [0.1, 0.15) is 12.8 Å². The van der Waals surface area contributed by atoms with Crippen LogP contribution in [0.25, 0.3) is 0 Å². The lowest BCUT2D eigenvalue weighted by Crippen LogP contribution is -2.09. The highest BCUT2D eigenvalue weighted by Gasteiger charge is 2.04. The lowest BCUT2D eigenvalue weighted by atomic mass is 10.3. The smallest absolute Gasteiger partial charge is 0.343 e. The molecule has 0 radical (unpaired) electrons. The maximum absolute atomic E-state index is 10.4. The largest absolute Gasteiger partial charge is 0.360 e. The fourth-order valence-electron chi connectivity index (χ4n) is 0.368. The van der Waals surface area contributed by atoms with Crippen LogP contribution >= 0.6 is 0 Å². The lowest BCUT2D eigenvalue weighted by molar-refractivity contribution is -0.133. The maximum atomic E-state index is 10.4. The van der Waals surface area contributed by atoms with Crippen LogP contribution in [-0.2, 0) is 20.3 Å². The second kappa shape index (κ2) is 5.33. The van der Waals surface area contributed by atoms with Crippen LogP contribution in [0, 0.1) is 0 Å². The predicted molar refractivity (Wildman–Crippen MR) is 35.2 cm³/mol. The fraction of sp³-hybridized carbons (Fsp3) is 0.750. The monoisotopic (exact) mass is 167 g/mol. The van der Waals surface area contributed by atoms with Crippen LogP contribution in [0.4, 0.5) is 0 Å². The Morgan fingerprint density at radius 1 is 1.70 bits per heavy atom. The van der Waals surface area contributed by atoms with Gasteiger partial charge in [-0.1, -0.05) is 0 Å². The third kappa shape index (κ3) is 5.67. The first-order valence-electron chi connectivity index (χ1n) is 2.69. The zero-order chi connectivity index (χ0) is 7.98. The quantitative estimate of drug-likeness (QED) is 0.546. The van der Waals surface area contributed by atoms with Crippen molar-refractivity contribution in [2.24, 2.45) is 5.73 Å². The van der Waals surface area contributed by atoms with E-state index in [0.29, 0.717) is 13.0 Å². The Morgan fingerprint density at radius 3 is 2.70 bits per heavy atom. The van der Waals surface area contributed by atoms with E-state index in [1.54, 1.807) is 0 Å². The predicted octanol–water partition coefficient (Wildman–Crippen LogP) is -0.595. The molecule has 6 heteroatoms. The zero-order valence-electron chi connectivity index (χ0n) is 5.28. The molecule has 60 valence electrons. The number of carbonyl (C=O) groups excluding carboxylic acids is 1. The standard InChI is InChI=1S/C4H9NO4S/c5-3-1-2-4(6)9-10(7)8/h1-3,5H2,(H,7,8). The third-order valence-electron chi connectivity index (χ3n) is 0.749. The zero-order valence-corrected chi connectivity index (χ0v) is 6.10. The van der Waals surface area contributed by atoms with E-state index in [1.807, 2.05) is 0 Å². The topological polar surface area (TPSA) is 89.6 Å². The number of rotatable bonds is 4. The van der Waals surface area contributed by atoms with Crippen molar-refractivity contribution in [2.45, 2.75) is 12.8 Å². The molecule has 0 aromatic rings. The van der Waals surface area contributed by atoms with Gasteiger partial charge >= 0.3 is 17.3 Å². The van der Waals surface area contributed by atoms with Gasteiger partial charge in [-0.2, -0.15) is 4.21 Å². The average molecular weight is 167 g/mol. The summed E-state index contributed by atoms with van der Waals surface area (Å²) in [6.07, 6.45) is 0.554. The summed E-state index contributed by atoms with van der Waals surface area (Å²) in [5, 5.41) is 0. The molecule has 1 unspecified atom stereocenters. The first-order valence-corrected chi connectivity index (χ1v) is 3.72. The number of hydrogen-bond acceptors (Lipinski definition) is 4. The molecule has 3 N–H and O–H groups in total. The number of hydrogen-bond donors (Lipinski definition) is 2. The highest BCUT2D eigenvalue weighted by molar-refractivity contribution is 7.74. The van der Waals surface area contributed by atoms with Gasteiger partial charge < -0.3 is 9.92 Å². The first-order chi connectivity index (χ1) is 4.66. The highest BCUT2D eigenvalue weighted by Crippen LogP contribution is 1.91. The Balaban J connectivity index is 3.35. The van der Waals surface area contributed by atoms with Crippen LogP contribution in [-0.4, -0.2) is 21.3 Å². The molecule has 0 aromatic carbocycles. The first kappa shape index (κ1) is 9.54. The Kier molecular flexibility index (Phi) is 5.09. The maximum Gasteiger partial charge on any atom is 0.360 e.